The van der Waals surface area contributed by atoms with Crippen LogP contribution in [0.5, 0.6) is 0 Å². The van der Waals surface area contributed by atoms with Crippen molar-refractivity contribution >= 4 is 0 Å². The van der Waals surface area contributed by atoms with E-state index in [2.05, 4.69) is 42.2 Å². The Morgan fingerprint density at radius 3 is 2.20 bits per heavy atom. The van der Waals surface area contributed by atoms with Crippen molar-refractivity contribution in [3.05, 3.63) is 35.9 Å². The first-order valence-electron chi connectivity index (χ1n) is 8.33. The van der Waals surface area contributed by atoms with Crippen molar-refractivity contribution in [2.24, 2.45) is 5.73 Å². The van der Waals surface area contributed by atoms with E-state index in [4.69, 9.17) is 5.73 Å². The van der Waals surface area contributed by atoms with Crippen molar-refractivity contribution < 1.29 is 0 Å². The molecule has 0 aliphatic carbocycles. The summed E-state index contributed by atoms with van der Waals surface area (Å²) in [6, 6.07) is 10.8. The highest BCUT2D eigenvalue weighted by molar-refractivity contribution is 5.14. The summed E-state index contributed by atoms with van der Waals surface area (Å²) < 4.78 is 0. The van der Waals surface area contributed by atoms with E-state index in [1.807, 2.05) is 0 Å². The predicted octanol–water partition coefficient (Wildman–Crippen LogP) is 4.20. The smallest absolute Gasteiger partial charge is 0.0233 e. The van der Waals surface area contributed by atoms with Gasteiger partial charge in [-0.25, -0.2) is 0 Å². The molecular weight excluding hydrogens is 244 g/mol. The minimum Gasteiger partial charge on any atom is -0.330 e. The second-order valence-corrected chi connectivity index (χ2v) is 5.67. The molecule has 0 fully saturated rings. The minimum absolute atomic E-state index is 0.793. The van der Waals surface area contributed by atoms with Crippen LogP contribution >= 0.6 is 0 Å². The molecule has 0 atom stereocenters. The summed E-state index contributed by atoms with van der Waals surface area (Å²) in [5.41, 5.74) is 7.07. The molecule has 1 aromatic carbocycles. The fourth-order valence-corrected chi connectivity index (χ4v) is 2.54. The average Bonchev–Trinajstić information content (AvgIpc) is 2.49. The molecule has 0 aliphatic rings. The van der Waals surface area contributed by atoms with Crippen LogP contribution in [0.4, 0.5) is 0 Å². The van der Waals surface area contributed by atoms with E-state index in [0.29, 0.717) is 0 Å². The number of hydrogen-bond donors (Lipinski definition) is 1. The van der Waals surface area contributed by atoms with Crippen molar-refractivity contribution in [3.63, 3.8) is 0 Å². The van der Waals surface area contributed by atoms with Crippen LogP contribution in [0, 0.1) is 0 Å². The van der Waals surface area contributed by atoms with Gasteiger partial charge in [0.2, 0.25) is 0 Å². The number of benzene rings is 1. The van der Waals surface area contributed by atoms with Crippen LogP contribution < -0.4 is 5.73 Å². The first-order chi connectivity index (χ1) is 9.86. The zero-order chi connectivity index (χ0) is 14.5. The van der Waals surface area contributed by atoms with Crippen LogP contribution in [0.1, 0.15) is 57.4 Å². The van der Waals surface area contributed by atoms with E-state index in [-0.39, 0.29) is 0 Å². The van der Waals surface area contributed by atoms with Gasteiger partial charge in [-0.05, 0) is 38.0 Å². The lowest BCUT2D eigenvalue weighted by molar-refractivity contribution is 0.257. The van der Waals surface area contributed by atoms with Crippen LogP contribution in [-0.2, 0) is 6.54 Å². The molecule has 114 valence electrons. The van der Waals surface area contributed by atoms with Crippen molar-refractivity contribution in [2.75, 3.05) is 19.6 Å². The van der Waals surface area contributed by atoms with E-state index in [0.717, 1.165) is 26.1 Å². The summed E-state index contributed by atoms with van der Waals surface area (Å²) in [5.74, 6) is 0. The lowest BCUT2D eigenvalue weighted by atomic mass is 10.1. The van der Waals surface area contributed by atoms with Crippen LogP contribution in [0.3, 0.4) is 0 Å². The Labute approximate surface area is 125 Å². The predicted molar refractivity (Wildman–Crippen MR) is 88.8 cm³/mol. The van der Waals surface area contributed by atoms with E-state index in [1.54, 1.807) is 0 Å². The van der Waals surface area contributed by atoms with Gasteiger partial charge in [0.1, 0.15) is 0 Å². The van der Waals surface area contributed by atoms with Gasteiger partial charge in [0.15, 0.2) is 0 Å². The zero-order valence-electron chi connectivity index (χ0n) is 13.2. The topological polar surface area (TPSA) is 29.3 Å². The summed E-state index contributed by atoms with van der Waals surface area (Å²) in [5, 5.41) is 0. The van der Waals surface area contributed by atoms with Crippen molar-refractivity contribution in [1.82, 2.24) is 4.90 Å². The molecule has 0 unspecified atom stereocenters. The molecule has 0 bridgehead atoms. The Bertz CT molecular complexity index is 310. The third kappa shape index (κ3) is 8.34. The molecule has 2 nitrogen and oxygen atoms in total. The molecule has 2 heteroatoms. The molecule has 2 N–H and O–H groups in total. The Hall–Kier alpha value is -0.860. The highest BCUT2D eigenvalue weighted by Gasteiger charge is 2.05. The van der Waals surface area contributed by atoms with E-state index < -0.39 is 0 Å². The molecule has 0 spiro atoms. The van der Waals surface area contributed by atoms with Gasteiger partial charge in [0.25, 0.3) is 0 Å². The fraction of sp³-hybridized carbons (Fsp3) is 0.667. The van der Waals surface area contributed by atoms with Gasteiger partial charge in [-0.3, -0.25) is 4.90 Å². The van der Waals surface area contributed by atoms with Crippen molar-refractivity contribution in [1.29, 1.82) is 0 Å². The monoisotopic (exact) mass is 276 g/mol. The maximum atomic E-state index is 5.65. The zero-order valence-corrected chi connectivity index (χ0v) is 13.2. The first-order valence-corrected chi connectivity index (χ1v) is 8.33. The van der Waals surface area contributed by atoms with Crippen molar-refractivity contribution in [2.45, 2.75) is 58.4 Å². The van der Waals surface area contributed by atoms with Gasteiger partial charge < -0.3 is 5.73 Å². The number of nitrogens with two attached hydrogens (primary N) is 1. The van der Waals surface area contributed by atoms with Gasteiger partial charge in [0.05, 0.1) is 0 Å². The highest BCUT2D eigenvalue weighted by atomic mass is 15.1. The summed E-state index contributed by atoms with van der Waals surface area (Å²) in [6.45, 7) is 6.47. The molecule has 0 radical (unpaired) electrons. The molecule has 0 aliphatic heterocycles. The Balaban J connectivity index is 2.25. The summed E-state index contributed by atoms with van der Waals surface area (Å²) in [4.78, 5) is 2.56. The van der Waals surface area contributed by atoms with Gasteiger partial charge in [-0.1, -0.05) is 69.4 Å². The van der Waals surface area contributed by atoms with Crippen LogP contribution in [0.25, 0.3) is 0 Å². The lowest BCUT2D eigenvalue weighted by Gasteiger charge is -2.22. The van der Waals surface area contributed by atoms with Crippen LogP contribution in [-0.4, -0.2) is 24.5 Å². The molecule has 0 aromatic heterocycles. The van der Waals surface area contributed by atoms with Gasteiger partial charge >= 0.3 is 0 Å². The fourth-order valence-electron chi connectivity index (χ4n) is 2.54. The number of unbranched alkanes of at least 4 members (excludes halogenated alkanes) is 5. The maximum Gasteiger partial charge on any atom is 0.0233 e. The molecule has 0 saturated carbocycles. The summed E-state index contributed by atoms with van der Waals surface area (Å²) in [6.07, 6.45) is 9.30. The molecule has 0 amide bonds. The van der Waals surface area contributed by atoms with Crippen LogP contribution in [0.15, 0.2) is 30.3 Å². The van der Waals surface area contributed by atoms with E-state index >= 15 is 0 Å². The van der Waals surface area contributed by atoms with E-state index in [9.17, 15) is 0 Å². The number of rotatable bonds is 12. The molecular formula is C18H32N2. The average molecular weight is 276 g/mol. The Kier molecular flexibility index (Phi) is 10.3. The van der Waals surface area contributed by atoms with Crippen LogP contribution in [0.2, 0.25) is 0 Å². The number of hydrogen-bond acceptors (Lipinski definition) is 2. The third-order valence-corrected chi connectivity index (χ3v) is 3.76. The second kappa shape index (κ2) is 11.9. The normalized spacial score (nSPS) is 11.2. The summed E-state index contributed by atoms with van der Waals surface area (Å²) in [7, 11) is 0. The van der Waals surface area contributed by atoms with Gasteiger partial charge in [-0.2, -0.15) is 0 Å². The molecule has 0 saturated heterocycles. The Morgan fingerprint density at radius 2 is 1.50 bits per heavy atom. The highest BCUT2D eigenvalue weighted by Crippen LogP contribution is 2.09. The first kappa shape index (κ1) is 17.2. The quantitative estimate of drug-likeness (QED) is 0.580. The molecule has 1 rings (SSSR count). The minimum atomic E-state index is 0.793. The molecule has 20 heavy (non-hydrogen) atoms. The van der Waals surface area contributed by atoms with Crippen molar-refractivity contribution in [3.8, 4) is 0 Å². The SMILES string of the molecule is CCCCCCCCN(CCCN)Cc1ccccc1. The maximum absolute atomic E-state index is 5.65. The Morgan fingerprint density at radius 1 is 0.850 bits per heavy atom. The number of nitrogens with zero attached hydrogens (tertiary/aromatic N) is 1. The lowest BCUT2D eigenvalue weighted by Crippen LogP contribution is -2.27. The second-order valence-electron chi connectivity index (χ2n) is 5.67. The standard InChI is InChI=1S/C18H32N2/c1-2-3-4-5-6-10-15-20(16-11-14-19)17-18-12-8-7-9-13-18/h7-9,12-13H,2-6,10-11,14-17,19H2,1H3. The third-order valence-electron chi connectivity index (χ3n) is 3.76. The molecule has 1 aromatic rings. The van der Waals surface area contributed by atoms with E-state index in [1.165, 1.54) is 50.6 Å². The van der Waals surface area contributed by atoms with Gasteiger partial charge in [0, 0.05) is 6.54 Å². The largest absolute Gasteiger partial charge is 0.330 e. The summed E-state index contributed by atoms with van der Waals surface area (Å²) >= 11 is 0. The van der Waals surface area contributed by atoms with Gasteiger partial charge in [-0.15, -0.1) is 0 Å². The molecule has 0 heterocycles.